The molecule has 1 saturated carbocycles. The molecule has 0 aromatic heterocycles. The Morgan fingerprint density at radius 3 is 2.38 bits per heavy atom. The van der Waals surface area contributed by atoms with Crippen molar-refractivity contribution in [3.63, 3.8) is 0 Å². The van der Waals surface area contributed by atoms with Crippen LogP contribution in [0.15, 0.2) is 24.3 Å². The van der Waals surface area contributed by atoms with Gasteiger partial charge in [-0.15, -0.1) is 0 Å². The number of nitrogens with one attached hydrogen (secondary N) is 4. The molecule has 32 heavy (non-hydrogen) atoms. The molecule has 174 valence electrons. The van der Waals surface area contributed by atoms with Gasteiger partial charge in [-0.3, -0.25) is 30.3 Å². The second-order valence-electron chi connectivity index (χ2n) is 8.46. The SMILES string of the molecule is N=C(N)c1ccc(CNC(=O)C2CCN2C(=O)C(NCC(=O)NO)C2CCCCC2)cc1. The molecule has 3 rings (SSSR count). The lowest BCUT2D eigenvalue weighted by atomic mass is 9.82. The van der Waals surface area contributed by atoms with Crippen LogP contribution in [-0.4, -0.2) is 58.8 Å². The van der Waals surface area contributed by atoms with Gasteiger partial charge < -0.3 is 16.0 Å². The first kappa shape index (κ1) is 23.7. The van der Waals surface area contributed by atoms with E-state index < -0.39 is 18.0 Å². The van der Waals surface area contributed by atoms with E-state index in [-0.39, 0.29) is 30.1 Å². The minimum Gasteiger partial charge on any atom is -0.384 e. The van der Waals surface area contributed by atoms with E-state index in [1.807, 2.05) is 0 Å². The Bertz CT molecular complexity index is 837. The van der Waals surface area contributed by atoms with Crippen molar-refractivity contribution in [3.8, 4) is 0 Å². The second kappa shape index (κ2) is 11.1. The van der Waals surface area contributed by atoms with Crippen LogP contribution in [0.3, 0.4) is 0 Å². The fourth-order valence-electron chi connectivity index (χ4n) is 4.38. The summed E-state index contributed by atoms with van der Waals surface area (Å²) in [5, 5.41) is 22.1. The van der Waals surface area contributed by atoms with Gasteiger partial charge in [0.25, 0.3) is 5.91 Å². The lowest BCUT2D eigenvalue weighted by Gasteiger charge is -2.43. The summed E-state index contributed by atoms with van der Waals surface area (Å²) >= 11 is 0. The number of nitrogens with zero attached hydrogens (tertiary/aromatic N) is 1. The summed E-state index contributed by atoms with van der Waals surface area (Å²) in [5.74, 6) is -0.892. The van der Waals surface area contributed by atoms with E-state index in [2.05, 4.69) is 10.6 Å². The number of carbonyl (C=O) groups excluding carboxylic acids is 3. The molecular weight excluding hydrogens is 412 g/mol. The molecule has 0 radical (unpaired) electrons. The minimum atomic E-state index is -0.604. The van der Waals surface area contributed by atoms with Gasteiger partial charge in [-0.1, -0.05) is 43.5 Å². The lowest BCUT2D eigenvalue weighted by molar-refractivity contribution is -0.150. The van der Waals surface area contributed by atoms with Crippen LogP contribution in [0.1, 0.15) is 49.7 Å². The van der Waals surface area contributed by atoms with Crippen molar-refractivity contribution in [1.29, 1.82) is 5.41 Å². The van der Waals surface area contributed by atoms with Gasteiger partial charge in [0, 0.05) is 18.7 Å². The van der Waals surface area contributed by atoms with Gasteiger partial charge in [0.2, 0.25) is 11.8 Å². The van der Waals surface area contributed by atoms with Crippen LogP contribution < -0.4 is 21.8 Å². The fourth-order valence-corrected chi connectivity index (χ4v) is 4.38. The Morgan fingerprint density at radius 1 is 1.12 bits per heavy atom. The number of hydrogen-bond acceptors (Lipinski definition) is 6. The highest BCUT2D eigenvalue weighted by atomic mass is 16.5. The predicted octanol–water partition coefficient (Wildman–Crippen LogP) is 0.232. The zero-order chi connectivity index (χ0) is 23.1. The molecule has 2 fully saturated rings. The van der Waals surface area contributed by atoms with E-state index >= 15 is 0 Å². The van der Waals surface area contributed by atoms with Crippen LogP contribution in [-0.2, 0) is 20.9 Å². The monoisotopic (exact) mass is 444 g/mol. The van der Waals surface area contributed by atoms with Gasteiger partial charge in [0.05, 0.1) is 12.6 Å². The maximum Gasteiger partial charge on any atom is 0.257 e. The zero-order valence-corrected chi connectivity index (χ0v) is 18.1. The topological polar surface area (TPSA) is 161 Å². The average molecular weight is 445 g/mol. The molecule has 1 saturated heterocycles. The number of carbonyl (C=O) groups is 3. The van der Waals surface area contributed by atoms with Crippen molar-refractivity contribution < 1.29 is 19.6 Å². The van der Waals surface area contributed by atoms with Crippen molar-refractivity contribution in [3.05, 3.63) is 35.4 Å². The molecule has 10 heteroatoms. The highest BCUT2D eigenvalue weighted by molar-refractivity contribution is 5.95. The smallest absolute Gasteiger partial charge is 0.257 e. The molecule has 2 aliphatic rings. The highest BCUT2D eigenvalue weighted by Crippen LogP contribution is 2.29. The van der Waals surface area contributed by atoms with E-state index in [0.29, 0.717) is 25.1 Å². The molecule has 0 spiro atoms. The Hall–Kier alpha value is -2.98. The summed E-state index contributed by atoms with van der Waals surface area (Å²) in [4.78, 5) is 39.1. The lowest BCUT2D eigenvalue weighted by Crippen LogP contribution is -2.63. The van der Waals surface area contributed by atoms with Crippen molar-refractivity contribution >= 4 is 23.6 Å². The van der Waals surface area contributed by atoms with Crippen molar-refractivity contribution in [2.24, 2.45) is 11.7 Å². The molecule has 2 atom stereocenters. The van der Waals surface area contributed by atoms with Crippen molar-refractivity contribution in [2.45, 2.75) is 57.2 Å². The molecule has 0 bridgehead atoms. The molecule has 2 unspecified atom stereocenters. The van der Waals surface area contributed by atoms with Gasteiger partial charge in [0.15, 0.2) is 0 Å². The first-order valence-corrected chi connectivity index (χ1v) is 11.1. The Kier molecular flexibility index (Phi) is 8.18. The summed E-state index contributed by atoms with van der Waals surface area (Å²) in [6, 6.07) is 5.98. The second-order valence-corrected chi connectivity index (χ2v) is 8.46. The largest absolute Gasteiger partial charge is 0.384 e. The number of nitrogens with two attached hydrogens (primary N) is 1. The molecule has 10 nitrogen and oxygen atoms in total. The number of rotatable bonds is 9. The van der Waals surface area contributed by atoms with Gasteiger partial charge in [-0.25, -0.2) is 5.48 Å². The third-order valence-corrected chi connectivity index (χ3v) is 6.33. The van der Waals surface area contributed by atoms with E-state index in [1.165, 1.54) is 0 Å². The Labute approximate surface area is 187 Å². The van der Waals surface area contributed by atoms with E-state index in [0.717, 1.165) is 37.7 Å². The molecule has 1 aromatic rings. The molecule has 1 aliphatic heterocycles. The number of hydroxylamine groups is 1. The van der Waals surface area contributed by atoms with Crippen LogP contribution in [0, 0.1) is 11.3 Å². The van der Waals surface area contributed by atoms with Gasteiger partial charge >= 0.3 is 0 Å². The maximum absolute atomic E-state index is 13.3. The summed E-state index contributed by atoms with van der Waals surface area (Å²) in [5.41, 5.74) is 8.52. The summed E-state index contributed by atoms with van der Waals surface area (Å²) < 4.78 is 0. The number of nitrogen functional groups attached to an aromatic ring is 1. The quantitative estimate of drug-likeness (QED) is 0.138. The molecule has 7 N–H and O–H groups in total. The zero-order valence-electron chi connectivity index (χ0n) is 18.1. The molecular formula is C22H32N6O4. The highest BCUT2D eigenvalue weighted by Gasteiger charge is 2.42. The Balaban J connectivity index is 1.58. The van der Waals surface area contributed by atoms with Gasteiger partial charge in [-0.05, 0) is 30.7 Å². The standard InChI is InChI=1S/C22H32N6O4/c23-20(24)16-8-6-14(7-9-16)12-26-21(30)17-10-11-28(17)22(31)19(25-13-18(29)27-32)15-4-2-1-3-5-15/h6-9,15,17,19,25,32H,1-5,10-13H2,(H3,23,24)(H,26,30)(H,27,29). The van der Waals surface area contributed by atoms with Gasteiger partial charge in [-0.2, -0.15) is 0 Å². The first-order valence-electron chi connectivity index (χ1n) is 11.1. The maximum atomic E-state index is 13.3. The molecule has 1 aromatic carbocycles. The normalized spacial score (nSPS) is 19.5. The molecule has 1 heterocycles. The summed E-state index contributed by atoms with van der Waals surface area (Å²) in [6.07, 6.45) is 5.59. The summed E-state index contributed by atoms with van der Waals surface area (Å²) in [7, 11) is 0. The fraction of sp³-hybridized carbons (Fsp3) is 0.545. The average Bonchev–Trinajstić information content (AvgIpc) is 2.77. The molecule has 3 amide bonds. The minimum absolute atomic E-state index is 0.0122. The number of benzene rings is 1. The molecule has 1 aliphatic carbocycles. The van der Waals surface area contributed by atoms with E-state index in [9.17, 15) is 14.4 Å². The van der Waals surface area contributed by atoms with Crippen LogP contribution in [0.2, 0.25) is 0 Å². The number of amides is 3. The van der Waals surface area contributed by atoms with Gasteiger partial charge in [0.1, 0.15) is 11.9 Å². The number of likely N-dealkylation sites (tertiary alicyclic amines) is 1. The Morgan fingerprint density at radius 2 is 1.81 bits per heavy atom. The third-order valence-electron chi connectivity index (χ3n) is 6.33. The van der Waals surface area contributed by atoms with Crippen LogP contribution in [0.4, 0.5) is 0 Å². The van der Waals surface area contributed by atoms with Crippen molar-refractivity contribution in [1.82, 2.24) is 21.0 Å². The third kappa shape index (κ3) is 5.83. The first-order chi connectivity index (χ1) is 15.4. The van der Waals surface area contributed by atoms with Crippen molar-refractivity contribution in [2.75, 3.05) is 13.1 Å². The number of hydrogen-bond donors (Lipinski definition) is 6. The predicted molar refractivity (Wildman–Crippen MR) is 118 cm³/mol. The van der Waals surface area contributed by atoms with E-state index in [4.69, 9.17) is 16.4 Å². The number of amidine groups is 1. The van der Waals surface area contributed by atoms with Crippen LogP contribution >= 0.6 is 0 Å². The summed E-state index contributed by atoms with van der Waals surface area (Å²) in [6.45, 7) is 0.655. The van der Waals surface area contributed by atoms with E-state index in [1.54, 1.807) is 34.6 Å². The van der Waals surface area contributed by atoms with Crippen LogP contribution in [0.5, 0.6) is 0 Å². The van der Waals surface area contributed by atoms with Crippen LogP contribution in [0.25, 0.3) is 0 Å².